The molecule has 0 radical (unpaired) electrons. The van der Waals surface area contributed by atoms with Crippen LogP contribution in [-0.4, -0.2) is 87.5 Å². The number of aromatic nitrogens is 3. The molecule has 3 atom stereocenters. The van der Waals surface area contributed by atoms with Crippen LogP contribution in [0.1, 0.15) is 54.9 Å². The van der Waals surface area contributed by atoms with Crippen LogP contribution in [0, 0.1) is 5.82 Å². The molecule has 2 heterocycles. The molecule has 2 aromatic carbocycles. The SMILES string of the molecule is CC(C)N1CCN(C(=O)[C@H](CCCN[C@@H]2C[C@H]2c2ccc(F)cc2)NC(=O)c2ccc(-n3ccnn3)cc2)CC1. The maximum absolute atomic E-state index is 13.6. The van der Waals surface area contributed by atoms with Crippen LogP contribution in [0.3, 0.4) is 0 Å². The summed E-state index contributed by atoms with van der Waals surface area (Å²) in [6.07, 6.45) is 5.65. The van der Waals surface area contributed by atoms with Gasteiger partial charge in [0.15, 0.2) is 0 Å². The average Bonchev–Trinajstić information content (AvgIpc) is 3.53. The number of amides is 2. The predicted molar refractivity (Wildman–Crippen MR) is 151 cm³/mol. The molecule has 0 unspecified atom stereocenters. The second-order valence-corrected chi connectivity index (χ2v) is 11.0. The Morgan fingerprint density at radius 1 is 1.02 bits per heavy atom. The third-order valence-electron chi connectivity index (χ3n) is 7.94. The van der Waals surface area contributed by atoms with Crippen LogP contribution in [0.25, 0.3) is 5.69 Å². The summed E-state index contributed by atoms with van der Waals surface area (Å²) < 4.78 is 14.9. The summed E-state index contributed by atoms with van der Waals surface area (Å²) in [5.41, 5.74) is 2.44. The standard InChI is InChI=1S/C30H38FN7O2/c1-21(2)36-16-18-37(19-17-36)30(40)27(4-3-13-32-28-20-26(28)22-5-9-24(31)10-6-22)34-29(39)23-7-11-25(12-8-23)38-15-14-33-35-38/h5-12,14-15,21,26-28,32H,3-4,13,16-20H2,1-2H3,(H,34,39)/t26-,27-,28+/m0/s1. The highest BCUT2D eigenvalue weighted by Crippen LogP contribution is 2.40. The fraction of sp³-hybridized carbons (Fsp3) is 0.467. The van der Waals surface area contributed by atoms with Gasteiger partial charge in [-0.25, -0.2) is 9.07 Å². The predicted octanol–water partition coefficient (Wildman–Crippen LogP) is 2.98. The maximum atomic E-state index is 13.6. The van der Waals surface area contributed by atoms with Crippen molar-refractivity contribution in [2.45, 2.75) is 57.2 Å². The highest BCUT2D eigenvalue weighted by atomic mass is 19.1. The lowest BCUT2D eigenvalue weighted by atomic mass is 10.1. The summed E-state index contributed by atoms with van der Waals surface area (Å²) in [6.45, 7) is 8.08. The largest absolute Gasteiger partial charge is 0.340 e. The van der Waals surface area contributed by atoms with Crippen molar-refractivity contribution in [1.29, 1.82) is 0 Å². The Balaban J connectivity index is 1.17. The number of benzene rings is 2. The minimum atomic E-state index is -0.595. The van der Waals surface area contributed by atoms with Gasteiger partial charge in [-0.1, -0.05) is 17.3 Å². The van der Waals surface area contributed by atoms with E-state index >= 15 is 0 Å². The second kappa shape index (κ2) is 12.7. The van der Waals surface area contributed by atoms with Gasteiger partial charge < -0.3 is 15.5 Å². The van der Waals surface area contributed by atoms with Crippen LogP contribution >= 0.6 is 0 Å². The van der Waals surface area contributed by atoms with Crippen LogP contribution in [0.15, 0.2) is 60.9 Å². The Kier molecular flexibility index (Phi) is 8.86. The van der Waals surface area contributed by atoms with Crippen molar-refractivity contribution in [2.75, 3.05) is 32.7 Å². The summed E-state index contributed by atoms with van der Waals surface area (Å²) in [6, 6.07) is 14.0. The van der Waals surface area contributed by atoms with Crippen molar-refractivity contribution in [1.82, 2.24) is 35.4 Å². The van der Waals surface area contributed by atoms with Crippen LogP contribution in [0.5, 0.6) is 0 Å². The summed E-state index contributed by atoms with van der Waals surface area (Å²) in [4.78, 5) is 31.0. The molecule has 5 rings (SSSR count). The molecular formula is C30H38FN7O2. The van der Waals surface area contributed by atoms with Crippen LogP contribution < -0.4 is 10.6 Å². The number of piperazine rings is 1. The molecule has 1 aromatic heterocycles. The number of rotatable bonds is 11. The van der Waals surface area contributed by atoms with E-state index < -0.39 is 6.04 Å². The molecule has 40 heavy (non-hydrogen) atoms. The molecule has 212 valence electrons. The lowest BCUT2D eigenvalue weighted by molar-refractivity contribution is -0.135. The van der Waals surface area contributed by atoms with E-state index in [1.54, 1.807) is 29.2 Å². The normalized spacial score (nSPS) is 19.9. The second-order valence-electron chi connectivity index (χ2n) is 11.0. The van der Waals surface area contributed by atoms with Gasteiger partial charge >= 0.3 is 0 Å². The van der Waals surface area contributed by atoms with Crippen LogP contribution in [-0.2, 0) is 4.79 Å². The lowest BCUT2D eigenvalue weighted by Crippen LogP contribution is -2.56. The van der Waals surface area contributed by atoms with E-state index in [0.29, 0.717) is 43.1 Å². The van der Waals surface area contributed by atoms with E-state index in [-0.39, 0.29) is 17.6 Å². The fourth-order valence-electron chi connectivity index (χ4n) is 5.38. The van der Waals surface area contributed by atoms with Gasteiger partial charge in [0.05, 0.1) is 18.1 Å². The topological polar surface area (TPSA) is 95.4 Å². The zero-order valence-electron chi connectivity index (χ0n) is 23.2. The Morgan fingerprint density at radius 3 is 2.40 bits per heavy atom. The van der Waals surface area contributed by atoms with Crippen molar-refractivity contribution in [3.63, 3.8) is 0 Å². The molecule has 2 fully saturated rings. The summed E-state index contributed by atoms with van der Waals surface area (Å²) in [5.74, 6) is -0.110. The number of nitrogens with zero attached hydrogens (tertiary/aromatic N) is 5. The third-order valence-corrected chi connectivity index (χ3v) is 7.94. The molecule has 10 heteroatoms. The van der Waals surface area contributed by atoms with E-state index in [1.165, 1.54) is 12.1 Å². The van der Waals surface area contributed by atoms with Crippen molar-refractivity contribution in [3.05, 3.63) is 77.9 Å². The molecular weight excluding hydrogens is 509 g/mol. The molecule has 2 amide bonds. The first-order chi connectivity index (χ1) is 19.4. The molecule has 0 bridgehead atoms. The van der Waals surface area contributed by atoms with Gasteiger partial charge in [0.25, 0.3) is 5.91 Å². The minimum Gasteiger partial charge on any atom is -0.340 e. The van der Waals surface area contributed by atoms with Gasteiger partial charge in [-0.05, 0) is 81.6 Å². The van der Waals surface area contributed by atoms with Gasteiger partial charge in [0.2, 0.25) is 5.91 Å². The smallest absolute Gasteiger partial charge is 0.251 e. The van der Waals surface area contributed by atoms with E-state index in [9.17, 15) is 14.0 Å². The van der Waals surface area contributed by atoms with Crippen molar-refractivity contribution in [2.24, 2.45) is 0 Å². The maximum Gasteiger partial charge on any atom is 0.251 e. The number of halogens is 1. The van der Waals surface area contributed by atoms with Gasteiger partial charge in [-0.15, -0.1) is 5.10 Å². The van der Waals surface area contributed by atoms with Gasteiger partial charge in [-0.3, -0.25) is 14.5 Å². The van der Waals surface area contributed by atoms with Crippen LogP contribution in [0.4, 0.5) is 4.39 Å². The average molecular weight is 548 g/mol. The minimum absolute atomic E-state index is 0.0217. The molecule has 0 spiro atoms. The van der Waals surface area contributed by atoms with E-state index in [1.807, 2.05) is 29.2 Å². The molecule has 9 nitrogen and oxygen atoms in total. The summed E-state index contributed by atoms with van der Waals surface area (Å²) >= 11 is 0. The Morgan fingerprint density at radius 2 is 1.75 bits per heavy atom. The summed E-state index contributed by atoms with van der Waals surface area (Å²) in [7, 11) is 0. The first-order valence-corrected chi connectivity index (χ1v) is 14.2. The van der Waals surface area contributed by atoms with Crippen molar-refractivity contribution < 1.29 is 14.0 Å². The van der Waals surface area contributed by atoms with E-state index in [4.69, 9.17) is 0 Å². The molecule has 1 saturated carbocycles. The van der Waals surface area contributed by atoms with Crippen molar-refractivity contribution in [3.8, 4) is 5.69 Å². The molecule has 1 aliphatic heterocycles. The third kappa shape index (κ3) is 6.92. The number of carbonyl (C=O) groups excluding carboxylic acids is 2. The number of hydrogen-bond donors (Lipinski definition) is 2. The van der Waals surface area contributed by atoms with Crippen molar-refractivity contribution >= 4 is 11.8 Å². The van der Waals surface area contributed by atoms with E-state index in [2.05, 4.69) is 39.7 Å². The Bertz CT molecular complexity index is 1260. The zero-order chi connectivity index (χ0) is 28.1. The van der Waals surface area contributed by atoms with Crippen LogP contribution in [0.2, 0.25) is 0 Å². The quantitative estimate of drug-likeness (QED) is 0.359. The molecule has 3 aromatic rings. The van der Waals surface area contributed by atoms with Gasteiger partial charge in [0.1, 0.15) is 11.9 Å². The monoisotopic (exact) mass is 547 g/mol. The molecule has 1 saturated heterocycles. The Hall–Kier alpha value is -3.63. The lowest BCUT2D eigenvalue weighted by Gasteiger charge is -2.38. The summed E-state index contributed by atoms with van der Waals surface area (Å²) in [5, 5.41) is 14.4. The molecule has 2 N–H and O–H groups in total. The first kappa shape index (κ1) is 27.9. The highest BCUT2D eigenvalue weighted by molar-refractivity contribution is 5.97. The Labute approximate surface area is 234 Å². The van der Waals surface area contributed by atoms with Gasteiger partial charge in [-0.2, -0.15) is 0 Å². The molecule has 2 aliphatic rings. The zero-order valence-corrected chi connectivity index (χ0v) is 23.2. The first-order valence-electron chi connectivity index (χ1n) is 14.2. The van der Waals surface area contributed by atoms with Gasteiger partial charge in [0, 0.05) is 49.7 Å². The highest BCUT2D eigenvalue weighted by Gasteiger charge is 2.37. The van der Waals surface area contributed by atoms with E-state index in [0.717, 1.165) is 43.7 Å². The number of carbonyl (C=O) groups is 2. The fourth-order valence-corrected chi connectivity index (χ4v) is 5.38. The number of nitrogens with one attached hydrogen (secondary N) is 2. The number of hydrogen-bond acceptors (Lipinski definition) is 6. The molecule has 1 aliphatic carbocycles.